The lowest BCUT2D eigenvalue weighted by Gasteiger charge is -2.02. The third-order valence-electron chi connectivity index (χ3n) is 1.87. The van der Waals surface area contributed by atoms with Crippen LogP contribution in [-0.4, -0.2) is 9.78 Å². The van der Waals surface area contributed by atoms with Crippen LogP contribution in [0.2, 0.25) is 0 Å². The Morgan fingerprint density at radius 1 is 1.36 bits per heavy atom. The van der Waals surface area contributed by atoms with Crippen molar-refractivity contribution in [1.82, 2.24) is 9.78 Å². The molecule has 0 aliphatic heterocycles. The highest BCUT2D eigenvalue weighted by molar-refractivity contribution is 5.48. The van der Waals surface area contributed by atoms with Crippen molar-refractivity contribution in [2.24, 2.45) is 0 Å². The van der Waals surface area contributed by atoms with Crippen LogP contribution >= 0.6 is 0 Å². The van der Waals surface area contributed by atoms with Crippen LogP contribution in [0, 0.1) is 11.3 Å². The maximum absolute atomic E-state index is 8.80. The van der Waals surface area contributed by atoms with Crippen LogP contribution in [0.1, 0.15) is 5.69 Å². The van der Waals surface area contributed by atoms with E-state index in [1.165, 1.54) is 0 Å². The summed E-state index contributed by atoms with van der Waals surface area (Å²) in [4.78, 5) is 0. The van der Waals surface area contributed by atoms with E-state index in [0.29, 0.717) is 11.4 Å². The Balaban J connectivity index is 2.56. The third kappa shape index (κ3) is 1.31. The first-order valence-corrected chi connectivity index (χ1v) is 4.11. The van der Waals surface area contributed by atoms with E-state index in [2.05, 4.69) is 11.2 Å². The first-order chi connectivity index (χ1) is 6.81. The minimum Gasteiger partial charge on any atom is -0.399 e. The summed E-state index contributed by atoms with van der Waals surface area (Å²) in [6.45, 7) is 0. The van der Waals surface area contributed by atoms with Crippen molar-refractivity contribution in [2.75, 3.05) is 5.73 Å². The van der Waals surface area contributed by atoms with Crippen molar-refractivity contribution < 1.29 is 0 Å². The van der Waals surface area contributed by atoms with Crippen LogP contribution in [-0.2, 0) is 0 Å². The molecule has 0 amide bonds. The van der Waals surface area contributed by atoms with Crippen molar-refractivity contribution in [3.8, 4) is 11.8 Å². The largest absolute Gasteiger partial charge is 0.399 e. The molecule has 0 saturated heterocycles. The molecule has 1 heterocycles. The van der Waals surface area contributed by atoms with E-state index in [-0.39, 0.29) is 0 Å². The highest BCUT2D eigenvalue weighted by atomic mass is 15.3. The number of anilines is 1. The predicted molar refractivity (Wildman–Crippen MR) is 52.7 cm³/mol. The summed E-state index contributed by atoms with van der Waals surface area (Å²) in [5.74, 6) is 0. The quantitative estimate of drug-likeness (QED) is 0.680. The Hall–Kier alpha value is -2.28. The van der Waals surface area contributed by atoms with Crippen LogP contribution in [0.25, 0.3) is 5.69 Å². The van der Waals surface area contributed by atoms with E-state index in [4.69, 9.17) is 11.0 Å². The van der Waals surface area contributed by atoms with Gasteiger partial charge in [-0.1, -0.05) is 6.07 Å². The van der Waals surface area contributed by atoms with E-state index < -0.39 is 0 Å². The second kappa shape index (κ2) is 3.23. The number of hydrogen-bond donors (Lipinski definition) is 1. The van der Waals surface area contributed by atoms with Gasteiger partial charge in [0.25, 0.3) is 0 Å². The van der Waals surface area contributed by atoms with Gasteiger partial charge in [0, 0.05) is 5.69 Å². The normalized spacial score (nSPS) is 9.64. The first kappa shape index (κ1) is 8.32. The van der Waals surface area contributed by atoms with Gasteiger partial charge < -0.3 is 5.73 Å². The second-order valence-electron chi connectivity index (χ2n) is 2.84. The smallest absolute Gasteiger partial charge is 0.144 e. The molecule has 0 bridgehead atoms. The van der Waals surface area contributed by atoms with Gasteiger partial charge in [-0.15, -0.1) is 0 Å². The van der Waals surface area contributed by atoms with Gasteiger partial charge >= 0.3 is 0 Å². The molecule has 14 heavy (non-hydrogen) atoms. The van der Waals surface area contributed by atoms with E-state index in [0.717, 1.165) is 5.69 Å². The zero-order chi connectivity index (χ0) is 9.97. The van der Waals surface area contributed by atoms with Crippen LogP contribution in [0.5, 0.6) is 0 Å². The lowest BCUT2D eigenvalue weighted by Crippen LogP contribution is -1.99. The second-order valence-corrected chi connectivity index (χ2v) is 2.84. The molecule has 2 rings (SSSR count). The van der Waals surface area contributed by atoms with E-state index in [1.807, 2.05) is 12.1 Å². The van der Waals surface area contributed by atoms with Gasteiger partial charge in [0.2, 0.25) is 0 Å². The standard InChI is InChI=1S/C10H8N4/c11-7-10-4-5-13-14(10)9-3-1-2-8(12)6-9/h1-6H,12H2. The SMILES string of the molecule is N#Cc1ccnn1-c1cccc(N)c1. The molecule has 0 aliphatic rings. The minimum absolute atomic E-state index is 0.496. The topological polar surface area (TPSA) is 67.6 Å². The number of nitriles is 1. The van der Waals surface area contributed by atoms with Gasteiger partial charge in [0.15, 0.2) is 0 Å². The summed E-state index contributed by atoms with van der Waals surface area (Å²) in [6.07, 6.45) is 1.59. The van der Waals surface area contributed by atoms with Crippen molar-refractivity contribution >= 4 is 5.69 Å². The molecule has 0 aliphatic carbocycles. The van der Waals surface area contributed by atoms with Gasteiger partial charge in [-0.25, -0.2) is 4.68 Å². The number of nitrogens with zero attached hydrogens (tertiary/aromatic N) is 3. The molecule has 1 aromatic heterocycles. The molecule has 68 valence electrons. The number of benzene rings is 1. The van der Waals surface area contributed by atoms with Crippen molar-refractivity contribution in [1.29, 1.82) is 5.26 Å². The number of aromatic nitrogens is 2. The van der Waals surface area contributed by atoms with Crippen LogP contribution in [0.3, 0.4) is 0 Å². The zero-order valence-corrected chi connectivity index (χ0v) is 7.38. The fraction of sp³-hybridized carbons (Fsp3) is 0. The summed E-state index contributed by atoms with van der Waals surface area (Å²) in [6, 6.07) is 10.9. The highest BCUT2D eigenvalue weighted by Gasteiger charge is 2.02. The molecule has 0 fully saturated rings. The van der Waals surface area contributed by atoms with Gasteiger partial charge in [-0.2, -0.15) is 10.4 Å². The molecular weight excluding hydrogens is 176 g/mol. The minimum atomic E-state index is 0.496. The third-order valence-corrected chi connectivity index (χ3v) is 1.87. The average Bonchev–Trinajstić information content (AvgIpc) is 2.65. The Labute approximate surface area is 81.2 Å². The lowest BCUT2D eigenvalue weighted by atomic mass is 10.3. The Morgan fingerprint density at radius 2 is 2.21 bits per heavy atom. The van der Waals surface area contributed by atoms with E-state index in [1.54, 1.807) is 29.1 Å². The molecule has 0 spiro atoms. The van der Waals surface area contributed by atoms with Crippen LogP contribution in [0.4, 0.5) is 5.69 Å². The van der Waals surface area contributed by atoms with Gasteiger partial charge in [-0.3, -0.25) is 0 Å². The van der Waals surface area contributed by atoms with Crippen LogP contribution < -0.4 is 5.73 Å². The average molecular weight is 184 g/mol. The Bertz CT molecular complexity index is 493. The number of nitrogens with two attached hydrogens (primary N) is 1. The van der Waals surface area contributed by atoms with E-state index >= 15 is 0 Å². The monoisotopic (exact) mass is 184 g/mol. The summed E-state index contributed by atoms with van der Waals surface area (Å²) in [7, 11) is 0. The predicted octanol–water partition coefficient (Wildman–Crippen LogP) is 1.33. The maximum atomic E-state index is 8.80. The summed E-state index contributed by atoms with van der Waals surface area (Å²) in [5, 5.41) is 12.8. The van der Waals surface area contributed by atoms with Gasteiger partial charge in [-0.05, 0) is 24.3 Å². The Morgan fingerprint density at radius 3 is 2.93 bits per heavy atom. The summed E-state index contributed by atoms with van der Waals surface area (Å²) < 4.78 is 1.55. The molecule has 4 heteroatoms. The van der Waals surface area contributed by atoms with Crippen molar-refractivity contribution in [2.45, 2.75) is 0 Å². The van der Waals surface area contributed by atoms with Crippen molar-refractivity contribution in [3.05, 3.63) is 42.2 Å². The number of nitrogen functional groups attached to an aromatic ring is 1. The van der Waals surface area contributed by atoms with Crippen LogP contribution in [0.15, 0.2) is 36.5 Å². The molecule has 4 nitrogen and oxygen atoms in total. The maximum Gasteiger partial charge on any atom is 0.144 e. The number of hydrogen-bond acceptors (Lipinski definition) is 3. The fourth-order valence-electron chi connectivity index (χ4n) is 1.25. The Kier molecular flexibility index (Phi) is 1.92. The molecule has 2 N–H and O–H groups in total. The molecule has 0 atom stereocenters. The summed E-state index contributed by atoms with van der Waals surface area (Å²) in [5.41, 5.74) is 7.58. The van der Waals surface area contributed by atoms with Gasteiger partial charge in [0.1, 0.15) is 11.8 Å². The van der Waals surface area contributed by atoms with E-state index in [9.17, 15) is 0 Å². The molecule has 1 aromatic carbocycles. The summed E-state index contributed by atoms with van der Waals surface area (Å²) >= 11 is 0. The molecule has 0 unspecified atom stereocenters. The highest BCUT2D eigenvalue weighted by Crippen LogP contribution is 2.12. The first-order valence-electron chi connectivity index (χ1n) is 4.11. The fourth-order valence-corrected chi connectivity index (χ4v) is 1.25. The number of rotatable bonds is 1. The molecular formula is C10H8N4. The molecule has 0 saturated carbocycles. The molecule has 0 radical (unpaired) electrons. The molecule has 2 aromatic rings. The lowest BCUT2D eigenvalue weighted by molar-refractivity contribution is 0.867. The van der Waals surface area contributed by atoms with Crippen molar-refractivity contribution in [3.63, 3.8) is 0 Å². The zero-order valence-electron chi connectivity index (χ0n) is 7.38. The van der Waals surface area contributed by atoms with Gasteiger partial charge in [0.05, 0.1) is 11.9 Å².